The molecule has 0 radical (unpaired) electrons. The zero-order chi connectivity index (χ0) is 13.7. The van der Waals surface area contributed by atoms with Crippen molar-refractivity contribution in [3.05, 3.63) is 29.3 Å². The second-order valence-corrected chi connectivity index (χ2v) is 6.13. The molecule has 0 atom stereocenters. The second kappa shape index (κ2) is 7.17. The van der Waals surface area contributed by atoms with E-state index >= 15 is 0 Å². The fourth-order valence-corrected chi connectivity index (χ4v) is 3.36. The van der Waals surface area contributed by atoms with Crippen LogP contribution in [0.15, 0.2) is 29.2 Å². The van der Waals surface area contributed by atoms with Crippen molar-refractivity contribution in [2.24, 2.45) is 0 Å². The Morgan fingerprint density at radius 2 is 2.11 bits per heavy atom. The average Bonchev–Trinajstić information content (AvgIpc) is 2.46. The lowest BCUT2D eigenvalue weighted by Crippen LogP contribution is -2.44. The molecule has 1 aromatic carbocycles. The Morgan fingerprint density at radius 3 is 2.79 bits per heavy atom. The van der Waals surface area contributed by atoms with E-state index < -0.39 is 0 Å². The first-order valence-electron chi connectivity index (χ1n) is 6.52. The number of nitrogens with one attached hydrogen (secondary N) is 1. The molecule has 104 valence electrons. The Kier molecular flexibility index (Phi) is 5.55. The molecule has 19 heavy (non-hydrogen) atoms. The van der Waals surface area contributed by atoms with Crippen LogP contribution in [0.3, 0.4) is 0 Å². The fraction of sp³-hybridized carbons (Fsp3) is 0.500. The van der Waals surface area contributed by atoms with Crippen molar-refractivity contribution in [1.29, 1.82) is 0 Å². The second-order valence-electron chi connectivity index (χ2n) is 4.70. The lowest BCUT2D eigenvalue weighted by Gasteiger charge is -2.31. The number of amides is 1. The third-order valence-corrected chi connectivity index (χ3v) is 4.94. The molecule has 5 heteroatoms. The van der Waals surface area contributed by atoms with Crippen molar-refractivity contribution >= 4 is 29.3 Å². The van der Waals surface area contributed by atoms with Crippen LogP contribution in [-0.2, 0) is 4.79 Å². The summed E-state index contributed by atoms with van der Waals surface area (Å²) in [7, 11) is 1.91. The number of carbonyl (C=O) groups excluding carboxylic acids is 1. The van der Waals surface area contributed by atoms with Gasteiger partial charge in [0.15, 0.2) is 0 Å². The number of hydrogen-bond acceptors (Lipinski definition) is 3. The van der Waals surface area contributed by atoms with E-state index in [1.807, 2.05) is 36.2 Å². The highest BCUT2D eigenvalue weighted by molar-refractivity contribution is 8.00. The van der Waals surface area contributed by atoms with Crippen molar-refractivity contribution in [3.63, 3.8) is 0 Å². The average molecular weight is 299 g/mol. The zero-order valence-electron chi connectivity index (χ0n) is 11.1. The van der Waals surface area contributed by atoms with Crippen molar-refractivity contribution < 1.29 is 4.79 Å². The monoisotopic (exact) mass is 298 g/mol. The molecule has 0 spiro atoms. The molecular formula is C14H19ClN2OS. The van der Waals surface area contributed by atoms with Crippen molar-refractivity contribution in [3.8, 4) is 0 Å². The summed E-state index contributed by atoms with van der Waals surface area (Å²) in [5.74, 6) is 0.626. The first-order valence-corrected chi connectivity index (χ1v) is 7.88. The molecule has 1 heterocycles. The minimum atomic E-state index is 0.178. The van der Waals surface area contributed by atoms with Crippen molar-refractivity contribution in [2.45, 2.75) is 23.8 Å². The molecule has 1 aromatic rings. The van der Waals surface area contributed by atoms with Gasteiger partial charge in [0.05, 0.1) is 10.8 Å². The number of hydrogen-bond donors (Lipinski definition) is 1. The molecule has 0 unspecified atom stereocenters. The van der Waals surface area contributed by atoms with Crippen LogP contribution in [0.5, 0.6) is 0 Å². The third-order valence-electron chi connectivity index (χ3n) is 3.44. The SMILES string of the molecule is CN(C(=O)CSc1ccccc1Cl)C1CCNCC1. The van der Waals surface area contributed by atoms with Crippen molar-refractivity contribution in [1.82, 2.24) is 10.2 Å². The summed E-state index contributed by atoms with van der Waals surface area (Å²) in [6.07, 6.45) is 2.08. The van der Waals surface area contributed by atoms with E-state index in [-0.39, 0.29) is 5.91 Å². The maximum Gasteiger partial charge on any atom is 0.232 e. The molecule has 3 nitrogen and oxygen atoms in total. The largest absolute Gasteiger partial charge is 0.342 e. The van der Waals surface area contributed by atoms with E-state index in [4.69, 9.17) is 11.6 Å². The molecule has 1 aliphatic rings. The standard InChI is InChI=1S/C14H19ClN2OS/c1-17(11-6-8-16-9-7-11)14(18)10-19-13-5-3-2-4-12(13)15/h2-5,11,16H,6-10H2,1H3. The van der Waals surface area contributed by atoms with E-state index in [1.54, 1.807) is 0 Å². The lowest BCUT2D eigenvalue weighted by molar-refractivity contribution is -0.129. The smallest absolute Gasteiger partial charge is 0.232 e. The molecular weight excluding hydrogens is 280 g/mol. The quantitative estimate of drug-likeness (QED) is 0.867. The molecule has 1 aliphatic heterocycles. The molecule has 1 fully saturated rings. The van der Waals surface area contributed by atoms with E-state index in [1.165, 1.54) is 11.8 Å². The Labute approximate surface area is 123 Å². The van der Waals surface area contributed by atoms with Gasteiger partial charge in [-0.25, -0.2) is 0 Å². The van der Waals surface area contributed by atoms with Crippen LogP contribution in [0.1, 0.15) is 12.8 Å². The molecule has 1 amide bonds. The molecule has 0 bridgehead atoms. The van der Waals surface area contributed by atoms with Gasteiger partial charge in [-0.1, -0.05) is 23.7 Å². The zero-order valence-corrected chi connectivity index (χ0v) is 12.6. The Bertz CT molecular complexity index is 435. The van der Waals surface area contributed by atoms with Crippen LogP contribution >= 0.6 is 23.4 Å². The number of carbonyl (C=O) groups is 1. The Hall–Kier alpha value is -0.710. The molecule has 2 rings (SSSR count). The third kappa shape index (κ3) is 4.13. The highest BCUT2D eigenvalue weighted by Gasteiger charge is 2.21. The minimum Gasteiger partial charge on any atom is -0.342 e. The van der Waals surface area contributed by atoms with Gasteiger partial charge < -0.3 is 10.2 Å². The summed E-state index contributed by atoms with van der Waals surface area (Å²) in [5.41, 5.74) is 0. The summed E-state index contributed by atoms with van der Waals surface area (Å²) >= 11 is 7.59. The van der Waals surface area contributed by atoms with Crippen molar-refractivity contribution in [2.75, 3.05) is 25.9 Å². The predicted molar refractivity (Wildman–Crippen MR) is 80.8 cm³/mol. The van der Waals surface area contributed by atoms with Crippen LogP contribution in [0.25, 0.3) is 0 Å². The number of nitrogens with zero attached hydrogens (tertiary/aromatic N) is 1. The topological polar surface area (TPSA) is 32.3 Å². The van der Waals surface area contributed by atoms with Crippen LogP contribution in [0, 0.1) is 0 Å². The van der Waals surface area contributed by atoms with Gasteiger partial charge in [0.2, 0.25) is 5.91 Å². The highest BCUT2D eigenvalue weighted by Crippen LogP contribution is 2.27. The molecule has 0 aliphatic carbocycles. The first kappa shape index (κ1) is 14.7. The normalized spacial score (nSPS) is 16.3. The van der Waals surface area contributed by atoms with Gasteiger partial charge in [-0.2, -0.15) is 0 Å². The summed E-state index contributed by atoms with van der Waals surface area (Å²) in [6.45, 7) is 2.00. The summed E-state index contributed by atoms with van der Waals surface area (Å²) < 4.78 is 0. The maximum absolute atomic E-state index is 12.2. The predicted octanol–water partition coefficient (Wildman–Crippen LogP) is 2.64. The molecule has 1 saturated heterocycles. The van der Waals surface area contributed by atoms with E-state index in [2.05, 4.69) is 5.32 Å². The van der Waals surface area contributed by atoms with Gasteiger partial charge in [-0.05, 0) is 38.1 Å². The Morgan fingerprint density at radius 1 is 1.42 bits per heavy atom. The van der Waals surface area contributed by atoms with Crippen LogP contribution in [-0.4, -0.2) is 42.7 Å². The fourth-order valence-electron chi connectivity index (χ4n) is 2.20. The maximum atomic E-state index is 12.2. The Balaban J connectivity index is 1.85. The number of rotatable bonds is 4. The van der Waals surface area contributed by atoms with Gasteiger partial charge in [-0.3, -0.25) is 4.79 Å². The summed E-state index contributed by atoms with van der Waals surface area (Å²) in [5, 5.41) is 4.03. The van der Waals surface area contributed by atoms with Gasteiger partial charge in [0.25, 0.3) is 0 Å². The van der Waals surface area contributed by atoms with Crippen LogP contribution in [0.4, 0.5) is 0 Å². The number of thioether (sulfide) groups is 1. The highest BCUT2D eigenvalue weighted by atomic mass is 35.5. The van der Waals surface area contributed by atoms with Crippen LogP contribution in [0.2, 0.25) is 5.02 Å². The first-order chi connectivity index (χ1) is 9.18. The number of benzene rings is 1. The van der Waals surface area contributed by atoms with Gasteiger partial charge in [0, 0.05) is 18.0 Å². The molecule has 0 saturated carbocycles. The lowest BCUT2D eigenvalue weighted by atomic mass is 10.1. The van der Waals surface area contributed by atoms with E-state index in [0.717, 1.165) is 30.8 Å². The molecule has 1 N–H and O–H groups in total. The number of halogens is 1. The number of piperidine rings is 1. The minimum absolute atomic E-state index is 0.178. The van der Waals surface area contributed by atoms with Gasteiger partial charge in [0.1, 0.15) is 0 Å². The van der Waals surface area contributed by atoms with E-state index in [9.17, 15) is 4.79 Å². The summed E-state index contributed by atoms with van der Waals surface area (Å²) in [4.78, 5) is 15.0. The van der Waals surface area contributed by atoms with Crippen LogP contribution < -0.4 is 5.32 Å². The van der Waals surface area contributed by atoms with E-state index in [0.29, 0.717) is 16.8 Å². The van der Waals surface area contributed by atoms with Gasteiger partial charge in [-0.15, -0.1) is 11.8 Å². The summed E-state index contributed by atoms with van der Waals surface area (Å²) in [6, 6.07) is 8.01. The molecule has 0 aromatic heterocycles. The van der Waals surface area contributed by atoms with Gasteiger partial charge >= 0.3 is 0 Å².